The third-order valence-electron chi connectivity index (χ3n) is 5.15. The molecule has 1 N–H and O–H groups in total. The fraction of sp³-hybridized carbons (Fsp3) is 0.667. The summed E-state index contributed by atoms with van der Waals surface area (Å²) in [7, 11) is 0. The number of carbonyl (C=O) groups excluding carboxylic acids is 2. The number of hydrogen-bond acceptors (Lipinski definition) is 3. The second-order valence-corrected chi connectivity index (χ2v) is 8.65. The number of halogens is 1. The van der Waals surface area contributed by atoms with Crippen molar-refractivity contribution in [1.82, 2.24) is 10.2 Å². The van der Waals surface area contributed by atoms with Crippen LogP contribution in [0.3, 0.4) is 0 Å². The lowest BCUT2D eigenvalue weighted by Gasteiger charge is -2.37. The summed E-state index contributed by atoms with van der Waals surface area (Å²) in [5, 5.41) is 3.01. The molecule has 0 unspecified atom stereocenters. The second-order valence-electron chi connectivity index (χ2n) is 6.85. The largest absolute Gasteiger partial charge is 0.351 e. The average Bonchev–Trinajstić information content (AvgIpc) is 2.83. The van der Waals surface area contributed by atoms with Crippen LogP contribution in [0.1, 0.15) is 56.2 Å². The minimum absolute atomic E-state index is 0.0608. The van der Waals surface area contributed by atoms with Gasteiger partial charge in [0.15, 0.2) is 0 Å². The van der Waals surface area contributed by atoms with Gasteiger partial charge in [0.05, 0.1) is 16.8 Å². The molecule has 1 aliphatic heterocycles. The fourth-order valence-electron chi connectivity index (χ4n) is 3.77. The highest BCUT2D eigenvalue weighted by Gasteiger charge is 2.34. The van der Waals surface area contributed by atoms with Crippen molar-refractivity contribution in [2.75, 3.05) is 6.54 Å². The number of nitrogens with zero attached hydrogens (tertiary/aromatic N) is 1. The molecular formula is C18H25ClN2O2S. The molecular weight excluding hydrogens is 344 g/mol. The van der Waals surface area contributed by atoms with E-state index in [1.165, 1.54) is 37.0 Å². The van der Waals surface area contributed by atoms with Gasteiger partial charge in [-0.05, 0) is 31.4 Å². The van der Waals surface area contributed by atoms with Crippen LogP contribution in [0.5, 0.6) is 0 Å². The highest BCUT2D eigenvalue weighted by Crippen LogP contribution is 2.27. The fourth-order valence-corrected chi connectivity index (χ4v) is 4.80. The molecule has 0 bridgehead atoms. The molecule has 2 heterocycles. The zero-order valence-corrected chi connectivity index (χ0v) is 15.5. The van der Waals surface area contributed by atoms with Crippen LogP contribution in [0, 0.1) is 5.92 Å². The molecule has 1 aromatic heterocycles. The van der Waals surface area contributed by atoms with Gasteiger partial charge in [-0.3, -0.25) is 9.59 Å². The molecule has 3 rings (SSSR count). The number of likely N-dealkylation sites (tertiary alicyclic amines) is 1. The van der Waals surface area contributed by atoms with Gasteiger partial charge in [0, 0.05) is 23.9 Å². The van der Waals surface area contributed by atoms with Crippen molar-refractivity contribution < 1.29 is 9.59 Å². The van der Waals surface area contributed by atoms with Gasteiger partial charge in [-0.1, -0.05) is 37.3 Å². The Morgan fingerprint density at radius 1 is 1.21 bits per heavy atom. The third kappa shape index (κ3) is 4.51. The molecule has 1 saturated heterocycles. The Balaban J connectivity index is 1.55. The summed E-state index contributed by atoms with van der Waals surface area (Å²) in [4.78, 5) is 27.9. The summed E-state index contributed by atoms with van der Waals surface area (Å²) in [6, 6.07) is 4.13. The van der Waals surface area contributed by atoms with Gasteiger partial charge in [0.2, 0.25) is 11.8 Å². The Bertz CT molecular complexity index is 581. The zero-order chi connectivity index (χ0) is 16.9. The van der Waals surface area contributed by atoms with Crippen molar-refractivity contribution in [3.8, 4) is 0 Å². The highest BCUT2D eigenvalue weighted by molar-refractivity contribution is 7.16. The standard InChI is InChI=1S/C18H25ClN2O2S/c19-16-9-8-15(24-16)11-20-18(23)13-7-10-17(22)21(12-13)14-5-3-1-2-4-6-14/h8-9,13-14H,1-7,10-12H2,(H,20,23)/t13-/m0/s1. The van der Waals surface area contributed by atoms with Crippen LogP contribution in [0.4, 0.5) is 0 Å². The third-order valence-corrected chi connectivity index (χ3v) is 6.38. The first-order chi connectivity index (χ1) is 11.6. The molecule has 2 fully saturated rings. The molecule has 4 nitrogen and oxygen atoms in total. The Kier molecular flexibility index (Phi) is 6.17. The summed E-state index contributed by atoms with van der Waals surface area (Å²) in [6.07, 6.45) is 8.28. The van der Waals surface area contributed by atoms with Gasteiger partial charge >= 0.3 is 0 Å². The molecule has 2 amide bonds. The van der Waals surface area contributed by atoms with Crippen molar-refractivity contribution in [2.24, 2.45) is 5.92 Å². The molecule has 2 aliphatic rings. The molecule has 0 aromatic carbocycles. The smallest absolute Gasteiger partial charge is 0.225 e. The maximum atomic E-state index is 12.5. The van der Waals surface area contributed by atoms with E-state index in [-0.39, 0.29) is 17.7 Å². The lowest BCUT2D eigenvalue weighted by Crippen LogP contribution is -2.49. The lowest BCUT2D eigenvalue weighted by atomic mass is 9.93. The van der Waals surface area contributed by atoms with Crippen molar-refractivity contribution in [2.45, 2.75) is 64.0 Å². The predicted octanol–water partition coefficient (Wildman–Crippen LogP) is 3.98. The van der Waals surface area contributed by atoms with Crippen molar-refractivity contribution in [1.29, 1.82) is 0 Å². The van der Waals surface area contributed by atoms with E-state index in [1.807, 2.05) is 17.0 Å². The molecule has 0 spiro atoms. The molecule has 1 atom stereocenters. The van der Waals surface area contributed by atoms with E-state index in [2.05, 4.69) is 5.32 Å². The van der Waals surface area contributed by atoms with E-state index in [4.69, 9.17) is 11.6 Å². The average molecular weight is 369 g/mol. The molecule has 0 radical (unpaired) electrons. The van der Waals surface area contributed by atoms with E-state index < -0.39 is 0 Å². The van der Waals surface area contributed by atoms with Crippen LogP contribution in [0.25, 0.3) is 0 Å². The molecule has 1 aliphatic carbocycles. The Morgan fingerprint density at radius 2 is 1.96 bits per heavy atom. The number of hydrogen-bond donors (Lipinski definition) is 1. The van der Waals surface area contributed by atoms with E-state index in [0.717, 1.165) is 22.1 Å². The summed E-state index contributed by atoms with van der Waals surface area (Å²) < 4.78 is 0.738. The topological polar surface area (TPSA) is 49.4 Å². The normalized spacial score (nSPS) is 23.1. The van der Waals surface area contributed by atoms with Gasteiger partial charge in [-0.15, -0.1) is 11.3 Å². The minimum atomic E-state index is -0.0820. The second kappa shape index (κ2) is 8.34. The van der Waals surface area contributed by atoms with Crippen molar-refractivity contribution in [3.63, 3.8) is 0 Å². The van der Waals surface area contributed by atoms with E-state index in [1.54, 1.807) is 0 Å². The van der Waals surface area contributed by atoms with E-state index >= 15 is 0 Å². The minimum Gasteiger partial charge on any atom is -0.351 e. The SMILES string of the molecule is O=C(NCc1ccc(Cl)s1)[C@H]1CCC(=O)N(C2CCCCCC2)C1. The van der Waals surface area contributed by atoms with Crippen LogP contribution >= 0.6 is 22.9 Å². The highest BCUT2D eigenvalue weighted by atomic mass is 35.5. The van der Waals surface area contributed by atoms with Crippen LogP contribution in [0.2, 0.25) is 4.34 Å². The van der Waals surface area contributed by atoms with Gasteiger partial charge in [0.25, 0.3) is 0 Å². The first-order valence-corrected chi connectivity index (χ1v) is 10.1. The van der Waals surface area contributed by atoms with Crippen LogP contribution in [-0.2, 0) is 16.1 Å². The summed E-state index contributed by atoms with van der Waals surface area (Å²) in [5.41, 5.74) is 0. The zero-order valence-electron chi connectivity index (χ0n) is 13.9. The van der Waals surface area contributed by atoms with Crippen LogP contribution < -0.4 is 5.32 Å². The first-order valence-electron chi connectivity index (χ1n) is 8.95. The van der Waals surface area contributed by atoms with Crippen molar-refractivity contribution >= 4 is 34.8 Å². The van der Waals surface area contributed by atoms with E-state index in [9.17, 15) is 9.59 Å². The van der Waals surface area contributed by atoms with Gasteiger partial charge in [0.1, 0.15) is 0 Å². The van der Waals surface area contributed by atoms with Crippen LogP contribution in [-0.4, -0.2) is 29.3 Å². The molecule has 132 valence electrons. The predicted molar refractivity (Wildman–Crippen MR) is 97.1 cm³/mol. The maximum absolute atomic E-state index is 12.5. The van der Waals surface area contributed by atoms with Crippen molar-refractivity contribution in [3.05, 3.63) is 21.3 Å². The van der Waals surface area contributed by atoms with E-state index in [0.29, 0.717) is 32.0 Å². The monoisotopic (exact) mass is 368 g/mol. The van der Waals surface area contributed by atoms with Gasteiger partial charge < -0.3 is 10.2 Å². The molecule has 1 saturated carbocycles. The number of carbonyl (C=O) groups is 2. The van der Waals surface area contributed by atoms with Gasteiger partial charge in [-0.25, -0.2) is 0 Å². The van der Waals surface area contributed by atoms with Gasteiger partial charge in [-0.2, -0.15) is 0 Å². The number of rotatable bonds is 4. The molecule has 24 heavy (non-hydrogen) atoms. The number of piperidine rings is 1. The van der Waals surface area contributed by atoms with Crippen LogP contribution in [0.15, 0.2) is 12.1 Å². The quantitative estimate of drug-likeness (QED) is 0.817. The number of thiophene rings is 1. The first kappa shape index (κ1) is 17.7. The molecule has 6 heteroatoms. The number of nitrogens with one attached hydrogen (secondary N) is 1. The summed E-state index contributed by atoms with van der Waals surface area (Å²) in [6.45, 7) is 1.10. The summed E-state index contributed by atoms with van der Waals surface area (Å²) >= 11 is 7.41. The Hall–Kier alpha value is -1.07. The summed E-state index contributed by atoms with van der Waals surface area (Å²) in [5.74, 6) is 0.211. The Morgan fingerprint density at radius 3 is 2.62 bits per heavy atom. The molecule has 1 aromatic rings. The maximum Gasteiger partial charge on any atom is 0.225 e. The number of amides is 2. The lowest BCUT2D eigenvalue weighted by molar-refractivity contribution is -0.141. The Labute approximate surface area is 152 Å².